The second kappa shape index (κ2) is 8.29. The Balaban J connectivity index is 2.07. The van der Waals surface area contributed by atoms with E-state index in [9.17, 15) is 0 Å². The molecule has 23 heavy (non-hydrogen) atoms. The summed E-state index contributed by atoms with van der Waals surface area (Å²) in [5, 5.41) is 4.71. The van der Waals surface area contributed by atoms with Crippen LogP contribution in [0.15, 0.2) is 41.5 Å². The standard InChI is InChI=1S/C17H19ClN2O3/c1-21-15-7-5-4-6-12(15)10-19-20-11-13-8-14(18)17(23-3)9-16(13)22-2/h4-9,11,19H,10H2,1-3H3/b20-11+. The average Bonchev–Trinajstić information content (AvgIpc) is 2.59. The molecule has 2 aromatic rings. The molecule has 0 aromatic heterocycles. The van der Waals surface area contributed by atoms with Gasteiger partial charge in [-0.1, -0.05) is 29.8 Å². The van der Waals surface area contributed by atoms with Crippen LogP contribution < -0.4 is 19.6 Å². The molecule has 0 atom stereocenters. The molecule has 0 aliphatic rings. The minimum absolute atomic E-state index is 0.500. The van der Waals surface area contributed by atoms with Gasteiger partial charge in [0, 0.05) is 17.2 Å². The van der Waals surface area contributed by atoms with Gasteiger partial charge in [0.25, 0.3) is 0 Å². The van der Waals surface area contributed by atoms with Gasteiger partial charge in [0.05, 0.1) is 39.1 Å². The molecule has 6 heteroatoms. The molecule has 0 aliphatic heterocycles. The first-order valence-corrected chi connectivity index (χ1v) is 7.36. The summed E-state index contributed by atoms with van der Waals surface area (Å²) in [6.07, 6.45) is 1.65. The summed E-state index contributed by atoms with van der Waals surface area (Å²) < 4.78 is 15.8. The Hall–Kier alpha value is -2.40. The summed E-state index contributed by atoms with van der Waals surface area (Å²) in [5.41, 5.74) is 4.76. The molecule has 2 aromatic carbocycles. The van der Waals surface area contributed by atoms with Gasteiger partial charge in [0.15, 0.2) is 0 Å². The minimum Gasteiger partial charge on any atom is -0.496 e. The van der Waals surface area contributed by atoms with Crippen LogP contribution >= 0.6 is 11.6 Å². The summed E-state index contributed by atoms with van der Waals surface area (Å²) in [5.74, 6) is 2.01. The summed E-state index contributed by atoms with van der Waals surface area (Å²) >= 11 is 6.13. The van der Waals surface area contributed by atoms with E-state index in [0.29, 0.717) is 23.1 Å². The highest BCUT2D eigenvalue weighted by atomic mass is 35.5. The van der Waals surface area contributed by atoms with Crippen LogP contribution in [0.25, 0.3) is 0 Å². The maximum absolute atomic E-state index is 6.13. The van der Waals surface area contributed by atoms with E-state index in [4.69, 9.17) is 25.8 Å². The van der Waals surface area contributed by atoms with Crippen molar-refractivity contribution in [1.82, 2.24) is 5.43 Å². The fraction of sp³-hybridized carbons (Fsp3) is 0.235. The molecule has 122 valence electrons. The molecule has 0 radical (unpaired) electrons. The number of hydrazone groups is 1. The van der Waals surface area contributed by atoms with Gasteiger partial charge in [-0.2, -0.15) is 5.10 Å². The molecule has 0 aliphatic carbocycles. The van der Waals surface area contributed by atoms with Crippen molar-refractivity contribution < 1.29 is 14.2 Å². The van der Waals surface area contributed by atoms with E-state index in [1.807, 2.05) is 24.3 Å². The average molecular weight is 335 g/mol. The first-order chi connectivity index (χ1) is 11.2. The van der Waals surface area contributed by atoms with E-state index in [1.165, 1.54) is 0 Å². The third-order valence-electron chi connectivity index (χ3n) is 3.26. The number of methoxy groups -OCH3 is 3. The van der Waals surface area contributed by atoms with Crippen LogP contribution in [0, 0.1) is 0 Å². The summed E-state index contributed by atoms with van der Waals surface area (Å²) in [6.45, 7) is 0.548. The van der Waals surface area contributed by atoms with Gasteiger partial charge in [-0.25, -0.2) is 0 Å². The molecule has 0 heterocycles. The zero-order valence-corrected chi connectivity index (χ0v) is 14.1. The lowest BCUT2D eigenvalue weighted by Gasteiger charge is -2.09. The molecule has 0 bridgehead atoms. The number of halogens is 1. The van der Waals surface area contributed by atoms with Crippen LogP contribution in [0.1, 0.15) is 11.1 Å². The minimum atomic E-state index is 0.500. The fourth-order valence-electron chi connectivity index (χ4n) is 2.08. The van der Waals surface area contributed by atoms with Crippen molar-refractivity contribution in [3.8, 4) is 17.2 Å². The Bertz CT molecular complexity index is 690. The molecule has 1 N–H and O–H groups in total. The van der Waals surface area contributed by atoms with Crippen LogP contribution in [-0.2, 0) is 6.54 Å². The van der Waals surface area contributed by atoms with Crippen molar-refractivity contribution in [1.29, 1.82) is 0 Å². The normalized spacial score (nSPS) is 10.6. The van der Waals surface area contributed by atoms with Crippen molar-refractivity contribution in [3.63, 3.8) is 0 Å². The van der Waals surface area contributed by atoms with Crippen LogP contribution in [0.3, 0.4) is 0 Å². The quantitative estimate of drug-likeness (QED) is 0.622. The zero-order valence-electron chi connectivity index (χ0n) is 13.3. The van der Waals surface area contributed by atoms with Gasteiger partial charge in [0.2, 0.25) is 0 Å². The Morgan fingerprint density at radius 3 is 2.39 bits per heavy atom. The zero-order chi connectivity index (χ0) is 16.7. The van der Waals surface area contributed by atoms with Crippen molar-refractivity contribution in [2.45, 2.75) is 6.54 Å². The highest BCUT2D eigenvalue weighted by molar-refractivity contribution is 6.32. The molecule has 0 saturated carbocycles. The van der Waals surface area contributed by atoms with Gasteiger partial charge in [-0.15, -0.1) is 0 Å². The van der Waals surface area contributed by atoms with Crippen molar-refractivity contribution in [2.24, 2.45) is 5.10 Å². The smallest absolute Gasteiger partial charge is 0.141 e. The number of nitrogens with zero attached hydrogens (tertiary/aromatic N) is 1. The van der Waals surface area contributed by atoms with Crippen molar-refractivity contribution >= 4 is 17.8 Å². The number of hydrogen-bond acceptors (Lipinski definition) is 5. The Morgan fingerprint density at radius 1 is 1.00 bits per heavy atom. The van der Waals surface area contributed by atoms with E-state index in [2.05, 4.69) is 10.5 Å². The molecular weight excluding hydrogens is 316 g/mol. The van der Waals surface area contributed by atoms with Crippen LogP contribution in [0.5, 0.6) is 17.2 Å². The van der Waals surface area contributed by atoms with Crippen LogP contribution in [0.4, 0.5) is 0 Å². The third-order valence-corrected chi connectivity index (χ3v) is 3.56. The van der Waals surface area contributed by atoms with Gasteiger partial charge in [0.1, 0.15) is 17.2 Å². The molecule has 0 unspecified atom stereocenters. The summed E-state index contributed by atoms with van der Waals surface area (Å²) in [6, 6.07) is 11.2. The van der Waals surface area contributed by atoms with Gasteiger partial charge in [-0.3, -0.25) is 0 Å². The van der Waals surface area contributed by atoms with E-state index in [0.717, 1.165) is 16.9 Å². The van der Waals surface area contributed by atoms with E-state index in [-0.39, 0.29) is 0 Å². The summed E-state index contributed by atoms with van der Waals surface area (Å²) in [4.78, 5) is 0. The highest BCUT2D eigenvalue weighted by Gasteiger charge is 2.08. The van der Waals surface area contributed by atoms with Crippen LogP contribution in [0.2, 0.25) is 5.02 Å². The number of benzene rings is 2. The maximum Gasteiger partial charge on any atom is 0.141 e. The largest absolute Gasteiger partial charge is 0.496 e. The molecule has 2 rings (SSSR count). The van der Waals surface area contributed by atoms with Gasteiger partial charge >= 0.3 is 0 Å². The second-order valence-corrected chi connectivity index (χ2v) is 5.04. The van der Waals surface area contributed by atoms with E-state index < -0.39 is 0 Å². The number of para-hydroxylation sites is 1. The lowest BCUT2D eigenvalue weighted by atomic mass is 10.2. The second-order valence-electron chi connectivity index (χ2n) is 4.63. The van der Waals surface area contributed by atoms with Crippen LogP contribution in [-0.4, -0.2) is 27.5 Å². The van der Waals surface area contributed by atoms with Gasteiger partial charge in [-0.05, 0) is 12.1 Å². The molecule has 0 spiro atoms. The molecule has 0 fully saturated rings. The lowest BCUT2D eigenvalue weighted by Crippen LogP contribution is -2.07. The lowest BCUT2D eigenvalue weighted by molar-refractivity contribution is 0.394. The Kier molecular flexibility index (Phi) is 6.11. The first-order valence-electron chi connectivity index (χ1n) is 6.99. The van der Waals surface area contributed by atoms with Crippen molar-refractivity contribution in [2.75, 3.05) is 21.3 Å². The van der Waals surface area contributed by atoms with E-state index in [1.54, 1.807) is 39.7 Å². The first kappa shape index (κ1) is 17.0. The summed E-state index contributed by atoms with van der Waals surface area (Å²) in [7, 11) is 4.79. The number of rotatable bonds is 7. The molecule has 0 saturated heterocycles. The predicted molar refractivity (Wildman–Crippen MR) is 92.0 cm³/mol. The maximum atomic E-state index is 6.13. The monoisotopic (exact) mass is 334 g/mol. The molecule has 5 nitrogen and oxygen atoms in total. The molecular formula is C17H19ClN2O3. The number of ether oxygens (including phenoxy) is 3. The highest BCUT2D eigenvalue weighted by Crippen LogP contribution is 2.31. The predicted octanol–water partition coefficient (Wildman–Crippen LogP) is 3.49. The van der Waals surface area contributed by atoms with E-state index >= 15 is 0 Å². The fourth-order valence-corrected chi connectivity index (χ4v) is 2.33. The topological polar surface area (TPSA) is 52.1 Å². The molecule has 0 amide bonds. The number of nitrogens with one attached hydrogen (secondary N) is 1. The van der Waals surface area contributed by atoms with Crippen molar-refractivity contribution in [3.05, 3.63) is 52.5 Å². The Morgan fingerprint density at radius 2 is 1.70 bits per heavy atom. The Labute approximate surface area is 140 Å². The third kappa shape index (κ3) is 4.29. The van der Waals surface area contributed by atoms with Gasteiger partial charge < -0.3 is 19.6 Å². The number of hydrogen-bond donors (Lipinski definition) is 1. The SMILES string of the molecule is COc1cc(OC)c(/C=N/NCc2ccccc2OC)cc1Cl.